The Bertz CT molecular complexity index is 793. The summed E-state index contributed by atoms with van der Waals surface area (Å²) < 4.78 is 1.53. The highest BCUT2D eigenvalue weighted by Crippen LogP contribution is 2.26. The summed E-state index contributed by atoms with van der Waals surface area (Å²) in [6.07, 6.45) is 0. The van der Waals surface area contributed by atoms with Crippen LogP contribution in [0.4, 0.5) is 10.8 Å². The number of nitro benzene ring substituents is 1. The molecule has 0 saturated carbocycles. The molecule has 9 heteroatoms. The summed E-state index contributed by atoms with van der Waals surface area (Å²) in [6, 6.07) is 4.75. The number of aromatic nitrogens is 4. The van der Waals surface area contributed by atoms with E-state index < -0.39 is 4.92 Å². The topological polar surface area (TPSA) is 112 Å². The predicted octanol–water partition coefficient (Wildman–Crippen LogP) is 1.65. The van der Waals surface area contributed by atoms with Gasteiger partial charge in [-0.05, 0) is 19.1 Å². The van der Waals surface area contributed by atoms with Gasteiger partial charge in [0.2, 0.25) is 10.1 Å². The molecule has 3 aromatic rings. The van der Waals surface area contributed by atoms with E-state index in [9.17, 15) is 10.1 Å². The molecule has 96 valence electrons. The monoisotopic (exact) mass is 276 g/mol. The number of nitrogens with zero attached hydrogens (tertiary/aromatic N) is 5. The number of hydrogen-bond acceptors (Lipinski definition) is 7. The first-order chi connectivity index (χ1) is 9.06. The molecule has 8 nitrogen and oxygen atoms in total. The van der Waals surface area contributed by atoms with Gasteiger partial charge < -0.3 is 5.73 Å². The molecular weight excluding hydrogens is 268 g/mol. The van der Waals surface area contributed by atoms with E-state index in [1.54, 1.807) is 19.1 Å². The van der Waals surface area contributed by atoms with Crippen LogP contribution in [0.5, 0.6) is 0 Å². The van der Waals surface area contributed by atoms with Crippen LogP contribution in [-0.2, 0) is 0 Å². The van der Waals surface area contributed by atoms with Crippen molar-refractivity contribution >= 4 is 27.1 Å². The summed E-state index contributed by atoms with van der Waals surface area (Å²) in [7, 11) is 0. The number of rotatable bonds is 2. The lowest BCUT2D eigenvalue weighted by Gasteiger charge is -2.00. The highest BCUT2D eigenvalue weighted by Gasteiger charge is 2.16. The van der Waals surface area contributed by atoms with E-state index in [1.807, 2.05) is 0 Å². The lowest BCUT2D eigenvalue weighted by atomic mass is 10.1. The van der Waals surface area contributed by atoms with Crippen LogP contribution in [0.15, 0.2) is 18.2 Å². The van der Waals surface area contributed by atoms with Crippen molar-refractivity contribution < 1.29 is 4.92 Å². The zero-order valence-electron chi connectivity index (χ0n) is 9.77. The Hall–Kier alpha value is -2.55. The molecule has 0 saturated heterocycles. The summed E-state index contributed by atoms with van der Waals surface area (Å²) in [5.41, 5.74) is 6.94. The molecule has 2 heterocycles. The second-order valence-corrected chi connectivity index (χ2v) is 4.90. The van der Waals surface area contributed by atoms with Crippen LogP contribution >= 0.6 is 11.3 Å². The Morgan fingerprint density at radius 3 is 2.89 bits per heavy atom. The number of nitrogens with two attached hydrogens (primary N) is 1. The van der Waals surface area contributed by atoms with Gasteiger partial charge in [0.25, 0.3) is 5.69 Å². The average molecular weight is 276 g/mol. The van der Waals surface area contributed by atoms with Crippen molar-refractivity contribution in [1.82, 2.24) is 19.8 Å². The third-order valence-corrected chi connectivity index (χ3v) is 3.39. The largest absolute Gasteiger partial charge is 0.374 e. The van der Waals surface area contributed by atoms with E-state index in [0.29, 0.717) is 27.0 Å². The molecule has 0 aliphatic carbocycles. The van der Waals surface area contributed by atoms with Crippen LogP contribution in [0.25, 0.3) is 16.3 Å². The van der Waals surface area contributed by atoms with E-state index in [1.165, 1.54) is 21.9 Å². The van der Waals surface area contributed by atoms with Crippen molar-refractivity contribution in [3.8, 4) is 11.4 Å². The average Bonchev–Trinajstić information content (AvgIpc) is 2.86. The SMILES string of the molecule is Cc1cc(-c2nnc3sc(N)nn23)ccc1[N+](=O)[O-]. The fourth-order valence-corrected chi connectivity index (χ4v) is 2.42. The normalized spacial score (nSPS) is 11.0. The van der Waals surface area contributed by atoms with Crippen LogP contribution in [-0.4, -0.2) is 24.7 Å². The van der Waals surface area contributed by atoms with Gasteiger partial charge >= 0.3 is 0 Å². The van der Waals surface area contributed by atoms with E-state index in [2.05, 4.69) is 15.3 Å². The van der Waals surface area contributed by atoms with Gasteiger partial charge in [-0.25, -0.2) is 0 Å². The number of nitrogen functional groups attached to an aromatic ring is 1. The minimum Gasteiger partial charge on any atom is -0.374 e. The summed E-state index contributed by atoms with van der Waals surface area (Å²) in [5.74, 6) is 0.515. The van der Waals surface area contributed by atoms with Crippen LogP contribution < -0.4 is 5.73 Å². The Kier molecular flexibility index (Phi) is 2.42. The summed E-state index contributed by atoms with van der Waals surface area (Å²) >= 11 is 1.23. The maximum absolute atomic E-state index is 10.8. The molecular formula is C10H8N6O2S. The van der Waals surface area contributed by atoms with Crippen molar-refractivity contribution in [2.24, 2.45) is 0 Å². The highest BCUT2D eigenvalue weighted by atomic mass is 32.1. The van der Waals surface area contributed by atoms with E-state index in [-0.39, 0.29) is 5.69 Å². The predicted molar refractivity (Wildman–Crippen MR) is 69.9 cm³/mol. The second kappa shape index (κ2) is 3.99. The van der Waals surface area contributed by atoms with E-state index in [4.69, 9.17) is 5.73 Å². The third-order valence-electron chi connectivity index (χ3n) is 2.66. The maximum Gasteiger partial charge on any atom is 0.272 e. The number of benzene rings is 1. The van der Waals surface area contributed by atoms with Gasteiger partial charge in [-0.1, -0.05) is 11.3 Å². The fourth-order valence-electron chi connectivity index (χ4n) is 1.81. The van der Waals surface area contributed by atoms with Crippen LogP contribution in [0.3, 0.4) is 0 Å². The molecule has 2 N–H and O–H groups in total. The Morgan fingerprint density at radius 1 is 1.42 bits per heavy atom. The Balaban J connectivity index is 2.16. The maximum atomic E-state index is 10.8. The van der Waals surface area contributed by atoms with E-state index >= 15 is 0 Å². The first-order valence-electron chi connectivity index (χ1n) is 5.29. The second-order valence-electron chi connectivity index (χ2n) is 3.92. The molecule has 3 rings (SSSR count). The van der Waals surface area contributed by atoms with Crippen molar-refractivity contribution in [2.45, 2.75) is 6.92 Å². The number of hydrogen-bond donors (Lipinski definition) is 1. The van der Waals surface area contributed by atoms with Crippen molar-refractivity contribution in [3.05, 3.63) is 33.9 Å². The molecule has 0 aliphatic heterocycles. The Morgan fingerprint density at radius 2 is 2.21 bits per heavy atom. The van der Waals surface area contributed by atoms with Gasteiger partial charge in [0.1, 0.15) is 0 Å². The number of nitro groups is 1. The van der Waals surface area contributed by atoms with Gasteiger partial charge in [-0.3, -0.25) is 10.1 Å². The molecule has 1 aromatic carbocycles. The quantitative estimate of drug-likeness (QED) is 0.562. The summed E-state index contributed by atoms with van der Waals surface area (Å²) in [5, 5.41) is 23.2. The Labute approximate surface area is 110 Å². The van der Waals surface area contributed by atoms with Crippen molar-refractivity contribution in [2.75, 3.05) is 5.73 Å². The zero-order chi connectivity index (χ0) is 13.6. The minimum atomic E-state index is -0.417. The van der Waals surface area contributed by atoms with Gasteiger partial charge in [0, 0.05) is 17.2 Å². The van der Waals surface area contributed by atoms with Crippen molar-refractivity contribution in [3.63, 3.8) is 0 Å². The number of anilines is 1. The van der Waals surface area contributed by atoms with Crippen molar-refractivity contribution in [1.29, 1.82) is 0 Å². The lowest BCUT2D eigenvalue weighted by Crippen LogP contribution is -1.95. The van der Waals surface area contributed by atoms with Crippen LogP contribution in [0.1, 0.15) is 5.56 Å². The number of fused-ring (bicyclic) bond motifs is 1. The molecule has 0 amide bonds. The third kappa shape index (κ3) is 1.80. The molecule has 0 fully saturated rings. The molecule has 2 aromatic heterocycles. The van der Waals surface area contributed by atoms with E-state index in [0.717, 1.165) is 0 Å². The summed E-state index contributed by atoms with van der Waals surface area (Å²) in [6.45, 7) is 1.68. The van der Waals surface area contributed by atoms with Gasteiger partial charge in [-0.2, -0.15) is 4.52 Å². The molecule has 0 bridgehead atoms. The molecule has 0 spiro atoms. The fraction of sp³-hybridized carbons (Fsp3) is 0.100. The van der Waals surface area contributed by atoms with Crippen LogP contribution in [0.2, 0.25) is 0 Å². The molecule has 19 heavy (non-hydrogen) atoms. The molecule has 0 radical (unpaired) electrons. The van der Waals surface area contributed by atoms with Gasteiger partial charge in [0.15, 0.2) is 5.82 Å². The van der Waals surface area contributed by atoms with Gasteiger partial charge in [-0.15, -0.1) is 15.3 Å². The molecule has 0 aliphatic rings. The first kappa shape index (κ1) is 11.5. The molecule has 0 atom stereocenters. The zero-order valence-corrected chi connectivity index (χ0v) is 10.6. The van der Waals surface area contributed by atoms with Crippen LogP contribution in [0, 0.1) is 17.0 Å². The molecule has 0 unspecified atom stereocenters. The lowest BCUT2D eigenvalue weighted by molar-refractivity contribution is -0.385. The standard InChI is InChI=1S/C10H8N6O2S/c1-5-4-6(2-3-7(5)16(17)18)8-12-13-10-15(8)14-9(11)19-10/h2-4H,1H3,(H2,11,14). The minimum absolute atomic E-state index is 0.0716. The highest BCUT2D eigenvalue weighted by molar-refractivity contribution is 7.20. The number of aryl methyl sites for hydroxylation is 1. The summed E-state index contributed by atoms with van der Waals surface area (Å²) in [4.78, 5) is 10.9. The first-order valence-corrected chi connectivity index (χ1v) is 6.11. The smallest absolute Gasteiger partial charge is 0.272 e. The van der Waals surface area contributed by atoms with Gasteiger partial charge in [0.05, 0.1) is 4.92 Å².